The Morgan fingerprint density at radius 3 is 2.80 bits per heavy atom. The van der Waals surface area contributed by atoms with Crippen LogP contribution in [0, 0.1) is 13.8 Å². The number of pyridine rings is 1. The molecule has 0 aliphatic heterocycles. The van der Waals surface area contributed by atoms with Crippen molar-refractivity contribution in [2.75, 3.05) is 11.9 Å². The SMILES string of the molecule is CCOc1c(/C(C)=C/C(=O)Nc2ccc(C)cn2)cc2c3c(oc2c1C)CCCC3. The molecule has 1 aromatic carbocycles. The minimum Gasteiger partial charge on any atom is -0.493 e. The molecule has 0 fully saturated rings. The maximum absolute atomic E-state index is 12.6. The number of aryl methyl sites for hydroxylation is 4. The number of furan rings is 1. The third-order valence-electron chi connectivity index (χ3n) is 5.65. The molecule has 30 heavy (non-hydrogen) atoms. The number of carbonyl (C=O) groups excluding carboxylic acids is 1. The summed E-state index contributed by atoms with van der Waals surface area (Å²) >= 11 is 0. The van der Waals surface area contributed by atoms with Crippen molar-refractivity contribution in [3.8, 4) is 5.75 Å². The largest absolute Gasteiger partial charge is 0.493 e. The first-order chi connectivity index (χ1) is 14.5. The summed E-state index contributed by atoms with van der Waals surface area (Å²) in [5.41, 5.74) is 6.04. The van der Waals surface area contributed by atoms with E-state index in [9.17, 15) is 4.79 Å². The van der Waals surface area contributed by atoms with E-state index in [1.165, 1.54) is 18.4 Å². The van der Waals surface area contributed by atoms with Gasteiger partial charge in [0, 0.05) is 40.8 Å². The Kier molecular flexibility index (Phi) is 5.62. The second kappa shape index (κ2) is 8.34. The molecule has 5 heteroatoms. The Balaban J connectivity index is 1.73. The number of amides is 1. The fourth-order valence-electron chi connectivity index (χ4n) is 4.14. The van der Waals surface area contributed by atoms with Crippen molar-refractivity contribution in [1.82, 2.24) is 4.98 Å². The van der Waals surface area contributed by atoms with Crippen LogP contribution in [0.1, 0.15) is 54.7 Å². The molecule has 0 unspecified atom stereocenters. The van der Waals surface area contributed by atoms with Gasteiger partial charge in [0.15, 0.2) is 0 Å². The topological polar surface area (TPSA) is 64.4 Å². The van der Waals surface area contributed by atoms with Crippen molar-refractivity contribution in [2.45, 2.75) is 53.4 Å². The van der Waals surface area contributed by atoms with E-state index in [1.54, 1.807) is 18.3 Å². The molecule has 3 aromatic rings. The minimum absolute atomic E-state index is 0.210. The number of rotatable bonds is 5. The lowest BCUT2D eigenvalue weighted by Crippen LogP contribution is -2.10. The highest BCUT2D eigenvalue weighted by atomic mass is 16.5. The van der Waals surface area contributed by atoms with Gasteiger partial charge in [-0.05, 0) is 70.2 Å². The van der Waals surface area contributed by atoms with Crippen LogP contribution in [-0.4, -0.2) is 17.5 Å². The van der Waals surface area contributed by atoms with E-state index in [2.05, 4.69) is 16.4 Å². The van der Waals surface area contributed by atoms with Crippen LogP contribution in [0.5, 0.6) is 5.75 Å². The Bertz CT molecular complexity index is 1120. The van der Waals surface area contributed by atoms with Gasteiger partial charge < -0.3 is 14.5 Å². The molecule has 2 aromatic heterocycles. The lowest BCUT2D eigenvalue weighted by Gasteiger charge is -2.15. The predicted octanol–water partition coefficient (Wildman–Crippen LogP) is 5.76. The van der Waals surface area contributed by atoms with Crippen molar-refractivity contribution in [1.29, 1.82) is 0 Å². The maximum atomic E-state index is 12.6. The Morgan fingerprint density at radius 1 is 1.27 bits per heavy atom. The van der Waals surface area contributed by atoms with Crippen LogP contribution in [0.25, 0.3) is 16.5 Å². The van der Waals surface area contributed by atoms with Gasteiger partial charge in [-0.2, -0.15) is 0 Å². The number of carbonyl (C=O) groups is 1. The standard InChI is InChI=1S/C25H28N2O3/c1-5-29-24-17(4)25-20(18-8-6-7-9-21(18)30-25)13-19(24)16(3)12-23(28)27-22-11-10-15(2)14-26-22/h10-14H,5-9H2,1-4H3,(H,26,27,28)/b16-12+. The van der Waals surface area contributed by atoms with E-state index in [0.717, 1.165) is 57.6 Å². The van der Waals surface area contributed by atoms with Crippen LogP contribution < -0.4 is 10.1 Å². The molecule has 0 bridgehead atoms. The summed E-state index contributed by atoms with van der Waals surface area (Å²) < 4.78 is 12.2. The molecule has 0 spiro atoms. The van der Waals surface area contributed by atoms with E-state index in [-0.39, 0.29) is 5.91 Å². The average molecular weight is 405 g/mol. The van der Waals surface area contributed by atoms with Gasteiger partial charge in [0.1, 0.15) is 22.9 Å². The van der Waals surface area contributed by atoms with Crippen molar-refractivity contribution in [3.63, 3.8) is 0 Å². The van der Waals surface area contributed by atoms with E-state index >= 15 is 0 Å². The molecular formula is C25H28N2O3. The fourth-order valence-corrected chi connectivity index (χ4v) is 4.14. The van der Waals surface area contributed by atoms with Gasteiger partial charge in [0.05, 0.1) is 6.61 Å². The van der Waals surface area contributed by atoms with Gasteiger partial charge in [-0.3, -0.25) is 4.79 Å². The van der Waals surface area contributed by atoms with Crippen molar-refractivity contribution < 1.29 is 13.9 Å². The maximum Gasteiger partial charge on any atom is 0.249 e. The zero-order valence-electron chi connectivity index (χ0n) is 18.1. The third-order valence-corrected chi connectivity index (χ3v) is 5.65. The summed E-state index contributed by atoms with van der Waals surface area (Å²) in [6.45, 7) is 8.46. The lowest BCUT2D eigenvalue weighted by molar-refractivity contribution is -0.111. The van der Waals surface area contributed by atoms with Gasteiger partial charge in [-0.25, -0.2) is 4.98 Å². The number of aromatic nitrogens is 1. The van der Waals surface area contributed by atoms with Crippen molar-refractivity contribution >= 4 is 28.3 Å². The van der Waals surface area contributed by atoms with Crippen molar-refractivity contribution in [3.05, 3.63) is 58.5 Å². The van der Waals surface area contributed by atoms with Crippen LogP contribution >= 0.6 is 0 Å². The normalized spacial score (nSPS) is 13.9. The molecule has 4 rings (SSSR count). The second-order valence-electron chi connectivity index (χ2n) is 7.94. The number of nitrogens with one attached hydrogen (secondary N) is 1. The smallest absolute Gasteiger partial charge is 0.249 e. The number of allylic oxidation sites excluding steroid dienone is 1. The summed E-state index contributed by atoms with van der Waals surface area (Å²) in [6, 6.07) is 5.85. The fraction of sp³-hybridized carbons (Fsp3) is 0.360. The average Bonchev–Trinajstić information content (AvgIpc) is 3.10. The molecule has 0 atom stereocenters. The first-order valence-electron chi connectivity index (χ1n) is 10.6. The summed E-state index contributed by atoms with van der Waals surface area (Å²) in [4.78, 5) is 16.8. The Labute approximate surface area is 177 Å². The lowest BCUT2D eigenvalue weighted by atomic mass is 9.93. The minimum atomic E-state index is -0.210. The van der Waals surface area contributed by atoms with Crippen LogP contribution in [-0.2, 0) is 17.6 Å². The molecule has 1 aliphatic rings. The number of hydrogen-bond donors (Lipinski definition) is 1. The molecule has 0 saturated carbocycles. The van der Waals surface area contributed by atoms with E-state index in [4.69, 9.17) is 9.15 Å². The quantitative estimate of drug-likeness (QED) is 0.549. The van der Waals surface area contributed by atoms with Crippen LogP contribution in [0.4, 0.5) is 5.82 Å². The summed E-state index contributed by atoms with van der Waals surface area (Å²) in [5, 5.41) is 3.98. The number of ether oxygens (including phenoxy) is 1. The highest BCUT2D eigenvalue weighted by Crippen LogP contribution is 2.41. The molecule has 156 valence electrons. The molecule has 0 radical (unpaired) electrons. The number of fused-ring (bicyclic) bond motifs is 3. The number of benzene rings is 1. The Hall–Kier alpha value is -3.08. The van der Waals surface area contributed by atoms with Crippen LogP contribution in [0.3, 0.4) is 0 Å². The second-order valence-corrected chi connectivity index (χ2v) is 7.94. The summed E-state index contributed by atoms with van der Waals surface area (Å²) in [5.74, 6) is 2.21. The van der Waals surface area contributed by atoms with Gasteiger partial charge in [-0.1, -0.05) is 6.07 Å². The number of anilines is 1. The molecule has 1 N–H and O–H groups in total. The van der Waals surface area contributed by atoms with E-state index < -0.39 is 0 Å². The summed E-state index contributed by atoms with van der Waals surface area (Å²) in [6.07, 6.45) is 7.73. The Morgan fingerprint density at radius 2 is 2.07 bits per heavy atom. The number of nitrogens with zero attached hydrogens (tertiary/aromatic N) is 1. The molecular weight excluding hydrogens is 376 g/mol. The first-order valence-corrected chi connectivity index (χ1v) is 10.6. The summed E-state index contributed by atoms with van der Waals surface area (Å²) in [7, 11) is 0. The van der Waals surface area contributed by atoms with Gasteiger partial charge in [-0.15, -0.1) is 0 Å². The highest BCUT2D eigenvalue weighted by Gasteiger charge is 2.23. The van der Waals surface area contributed by atoms with E-state index in [1.807, 2.05) is 33.8 Å². The van der Waals surface area contributed by atoms with Crippen LogP contribution in [0.15, 0.2) is 34.9 Å². The highest BCUT2D eigenvalue weighted by molar-refractivity contribution is 6.04. The molecule has 1 amide bonds. The number of hydrogen-bond acceptors (Lipinski definition) is 4. The molecule has 5 nitrogen and oxygen atoms in total. The van der Waals surface area contributed by atoms with Gasteiger partial charge in [0.2, 0.25) is 5.91 Å². The van der Waals surface area contributed by atoms with Crippen molar-refractivity contribution in [2.24, 2.45) is 0 Å². The zero-order valence-corrected chi connectivity index (χ0v) is 18.1. The van der Waals surface area contributed by atoms with E-state index in [0.29, 0.717) is 12.4 Å². The van der Waals surface area contributed by atoms with Gasteiger partial charge in [0.25, 0.3) is 0 Å². The van der Waals surface area contributed by atoms with Gasteiger partial charge >= 0.3 is 0 Å². The molecule has 1 aliphatic carbocycles. The first kappa shape index (κ1) is 20.2. The zero-order chi connectivity index (χ0) is 21.3. The third kappa shape index (κ3) is 3.84. The monoisotopic (exact) mass is 404 g/mol. The molecule has 0 saturated heterocycles. The predicted molar refractivity (Wildman–Crippen MR) is 120 cm³/mol. The molecule has 2 heterocycles. The van der Waals surface area contributed by atoms with Crippen LogP contribution in [0.2, 0.25) is 0 Å².